The Morgan fingerprint density at radius 1 is 1.31 bits per heavy atom. The highest BCUT2D eigenvalue weighted by atomic mass is 15.0. The largest absolute Gasteiger partial charge is 0.311 e. The fourth-order valence-electron chi connectivity index (χ4n) is 2.35. The fraction of sp³-hybridized carbons (Fsp3) is 0.600. The van der Waals surface area contributed by atoms with Gasteiger partial charge in [-0.3, -0.25) is 0 Å². The van der Waals surface area contributed by atoms with Crippen LogP contribution in [0.5, 0.6) is 0 Å². The first kappa shape index (κ1) is 11.7. The summed E-state index contributed by atoms with van der Waals surface area (Å²) in [4.78, 5) is 0. The number of hydrogen-bond acceptors (Lipinski definition) is 1. The molecule has 1 heteroatoms. The first-order chi connectivity index (χ1) is 7.79. The van der Waals surface area contributed by atoms with Crippen LogP contribution in [0.3, 0.4) is 0 Å². The topological polar surface area (TPSA) is 12.0 Å². The molecule has 88 valence electrons. The molecule has 1 N–H and O–H groups in total. The van der Waals surface area contributed by atoms with Crippen molar-refractivity contribution < 1.29 is 0 Å². The van der Waals surface area contributed by atoms with Crippen LogP contribution in [0.1, 0.15) is 38.7 Å². The average molecular weight is 217 g/mol. The Hall–Kier alpha value is -0.820. The van der Waals surface area contributed by atoms with Gasteiger partial charge in [-0.2, -0.15) is 0 Å². The molecule has 1 aliphatic carbocycles. The van der Waals surface area contributed by atoms with Crippen LogP contribution >= 0.6 is 0 Å². The van der Waals surface area contributed by atoms with E-state index >= 15 is 0 Å². The molecule has 3 atom stereocenters. The van der Waals surface area contributed by atoms with E-state index < -0.39 is 0 Å². The molecule has 3 unspecified atom stereocenters. The minimum absolute atomic E-state index is 0.669. The molecule has 1 aromatic rings. The number of rotatable bonds is 6. The second-order valence-corrected chi connectivity index (χ2v) is 5.16. The average Bonchev–Trinajstić information content (AvgIpc) is 2.96. The fourth-order valence-corrected chi connectivity index (χ4v) is 2.35. The molecule has 0 aliphatic heterocycles. The lowest BCUT2D eigenvalue weighted by Crippen LogP contribution is -2.33. The van der Waals surface area contributed by atoms with Gasteiger partial charge in [0.2, 0.25) is 0 Å². The predicted octanol–water partition coefficient (Wildman–Crippen LogP) is 3.40. The molecule has 0 bridgehead atoms. The van der Waals surface area contributed by atoms with Crippen LogP contribution in [-0.4, -0.2) is 12.1 Å². The van der Waals surface area contributed by atoms with E-state index in [2.05, 4.69) is 49.5 Å². The molecule has 0 heterocycles. The van der Waals surface area contributed by atoms with Crippen molar-refractivity contribution in [2.75, 3.05) is 0 Å². The van der Waals surface area contributed by atoms with E-state index in [-0.39, 0.29) is 0 Å². The van der Waals surface area contributed by atoms with Crippen LogP contribution in [0.15, 0.2) is 30.3 Å². The van der Waals surface area contributed by atoms with Crippen LogP contribution in [0.4, 0.5) is 0 Å². The zero-order valence-electron chi connectivity index (χ0n) is 10.4. The van der Waals surface area contributed by atoms with Gasteiger partial charge in [-0.25, -0.2) is 0 Å². The van der Waals surface area contributed by atoms with Crippen molar-refractivity contribution >= 4 is 0 Å². The lowest BCUT2D eigenvalue weighted by atomic mass is 10.0. The van der Waals surface area contributed by atoms with Crippen LogP contribution in [0.25, 0.3) is 0 Å². The highest BCUT2D eigenvalue weighted by Gasteiger charge is 2.33. The van der Waals surface area contributed by atoms with E-state index in [9.17, 15) is 0 Å². The molecule has 1 saturated carbocycles. The highest BCUT2D eigenvalue weighted by Crippen LogP contribution is 2.30. The van der Waals surface area contributed by atoms with Crippen molar-refractivity contribution in [3.63, 3.8) is 0 Å². The Morgan fingerprint density at radius 3 is 2.56 bits per heavy atom. The minimum atomic E-state index is 0.669. The molecule has 1 nitrogen and oxygen atoms in total. The summed E-state index contributed by atoms with van der Waals surface area (Å²) in [5.74, 6) is 0.898. The van der Waals surface area contributed by atoms with Crippen molar-refractivity contribution in [2.45, 2.75) is 51.6 Å². The van der Waals surface area contributed by atoms with Crippen molar-refractivity contribution in [1.29, 1.82) is 0 Å². The molecule has 0 spiro atoms. The Morgan fingerprint density at radius 2 is 2.00 bits per heavy atom. The van der Waals surface area contributed by atoms with Crippen molar-refractivity contribution in [3.8, 4) is 0 Å². The molecule has 0 aromatic heterocycles. The summed E-state index contributed by atoms with van der Waals surface area (Å²) in [5, 5.41) is 3.79. The molecule has 1 fully saturated rings. The Bertz CT molecular complexity index is 306. The second-order valence-electron chi connectivity index (χ2n) is 5.16. The molecule has 1 aromatic carbocycles. The number of hydrogen-bond donors (Lipinski definition) is 1. The van der Waals surface area contributed by atoms with Crippen molar-refractivity contribution in [1.82, 2.24) is 5.32 Å². The lowest BCUT2D eigenvalue weighted by molar-refractivity contribution is 0.460. The smallest absolute Gasteiger partial charge is 0.0110 e. The van der Waals surface area contributed by atoms with Crippen molar-refractivity contribution in [2.24, 2.45) is 5.92 Å². The van der Waals surface area contributed by atoms with E-state index in [1.807, 2.05) is 0 Å². The molecule has 0 radical (unpaired) electrons. The number of benzene rings is 1. The third kappa shape index (κ3) is 3.34. The normalized spacial score (nSPS) is 25.4. The van der Waals surface area contributed by atoms with Gasteiger partial charge in [0, 0.05) is 12.1 Å². The molecule has 16 heavy (non-hydrogen) atoms. The van der Waals surface area contributed by atoms with E-state index in [4.69, 9.17) is 0 Å². The minimum Gasteiger partial charge on any atom is -0.311 e. The maximum absolute atomic E-state index is 3.79. The van der Waals surface area contributed by atoms with Gasteiger partial charge in [-0.05, 0) is 30.7 Å². The summed E-state index contributed by atoms with van der Waals surface area (Å²) in [5.41, 5.74) is 1.46. The number of nitrogens with one attached hydrogen (secondary N) is 1. The summed E-state index contributed by atoms with van der Waals surface area (Å²) in [6.45, 7) is 4.61. The summed E-state index contributed by atoms with van der Waals surface area (Å²) >= 11 is 0. The van der Waals surface area contributed by atoms with E-state index in [1.54, 1.807) is 0 Å². The Labute approximate surface area is 99.3 Å². The van der Waals surface area contributed by atoms with Gasteiger partial charge in [0.1, 0.15) is 0 Å². The van der Waals surface area contributed by atoms with Crippen LogP contribution < -0.4 is 5.32 Å². The molecule has 0 amide bonds. The molecule has 1 aliphatic rings. The van der Waals surface area contributed by atoms with E-state index in [0.717, 1.165) is 12.0 Å². The van der Waals surface area contributed by atoms with Gasteiger partial charge in [0.15, 0.2) is 0 Å². The molecular formula is C15H23N. The first-order valence-electron chi connectivity index (χ1n) is 6.59. The quantitative estimate of drug-likeness (QED) is 0.770. The van der Waals surface area contributed by atoms with Crippen LogP contribution in [0, 0.1) is 5.92 Å². The standard InChI is InChI=1S/C15H23N/c1-3-7-14(16-15-10-12(15)2)11-13-8-5-4-6-9-13/h4-6,8-9,12,14-16H,3,7,10-11H2,1-2H3. The van der Waals surface area contributed by atoms with Gasteiger partial charge in [0.25, 0.3) is 0 Å². The highest BCUT2D eigenvalue weighted by molar-refractivity contribution is 5.16. The Balaban J connectivity index is 1.87. The zero-order chi connectivity index (χ0) is 11.4. The second kappa shape index (κ2) is 5.49. The Kier molecular flexibility index (Phi) is 4.00. The third-order valence-electron chi connectivity index (χ3n) is 3.52. The summed E-state index contributed by atoms with van der Waals surface area (Å²) in [6, 6.07) is 12.3. The summed E-state index contributed by atoms with van der Waals surface area (Å²) < 4.78 is 0. The van der Waals surface area contributed by atoms with Gasteiger partial charge >= 0.3 is 0 Å². The van der Waals surface area contributed by atoms with Crippen LogP contribution in [0.2, 0.25) is 0 Å². The first-order valence-corrected chi connectivity index (χ1v) is 6.59. The molecule has 0 saturated heterocycles. The van der Waals surface area contributed by atoms with Gasteiger partial charge in [-0.1, -0.05) is 50.6 Å². The predicted molar refractivity (Wildman–Crippen MR) is 69.5 cm³/mol. The van der Waals surface area contributed by atoms with Gasteiger partial charge in [0.05, 0.1) is 0 Å². The maximum Gasteiger partial charge on any atom is 0.0110 e. The van der Waals surface area contributed by atoms with Gasteiger partial charge < -0.3 is 5.32 Å². The third-order valence-corrected chi connectivity index (χ3v) is 3.52. The van der Waals surface area contributed by atoms with Crippen LogP contribution in [-0.2, 0) is 6.42 Å². The van der Waals surface area contributed by atoms with Crippen molar-refractivity contribution in [3.05, 3.63) is 35.9 Å². The summed E-state index contributed by atoms with van der Waals surface area (Å²) in [7, 11) is 0. The molecule has 2 rings (SSSR count). The summed E-state index contributed by atoms with van der Waals surface area (Å²) in [6.07, 6.45) is 5.11. The monoisotopic (exact) mass is 217 g/mol. The zero-order valence-corrected chi connectivity index (χ0v) is 10.4. The van der Waals surface area contributed by atoms with E-state index in [1.165, 1.54) is 31.2 Å². The SMILES string of the molecule is CCCC(Cc1ccccc1)NC1CC1C. The maximum atomic E-state index is 3.79. The van der Waals surface area contributed by atoms with Gasteiger partial charge in [-0.15, -0.1) is 0 Å². The molecular weight excluding hydrogens is 194 g/mol. The lowest BCUT2D eigenvalue weighted by Gasteiger charge is -2.18. The van der Waals surface area contributed by atoms with E-state index in [0.29, 0.717) is 6.04 Å².